The number of rotatable bonds is 4. The Morgan fingerprint density at radius 2 is 1.53 bits per heavy atom. The fourth-order valence-electron chi connectivity index (χ4n) is 1.91. The molecule has 0 saturated heterocycles. The Labute approximate surface area is 118 Å². The Kier molecular flexibility index (Phi) is 5.17. The van der Waals surface area contributed by atoms with Crippen molar-refractivity contribution < 1.29 is 5.11 Å². The van der Waals surface area contributed by atoms with Gasteiger partial charge >= 0.3 is 0 Å². The maximum Gasteiger partial charge on any atom is 0.0705 e. The van der Waals surface area contributed by atoms with Crippen molar-refractivity contribution in [3.63, 3.8) is 0 Å². The number of aliphatic hydroxyl groups is 1. The van der Waals surface area contributed by atoms with Crippen LogP contribution in [0.15, 0.2) is 24.3 Å². The molecule has 1 unspecified atom stereocenters. The molecule has 108 valence electrons. The summed E-state index contributed by atoms with van der Waals surface area (Å²) in [6, 6.07) is 8.58. The largest absolute Gasteiger partial charge is 0.391 e. The zero-order chi connectivity index (χ0) is 14.7. The normalized spacial score (nSPS) is 14.5. The minimum Gasteiger partial charge on any atom is -0.391 e. The predicted octanol–water partition coefficient (Wildman–Crippen LogP) is 3.28. The molecule has 1 aromatic carbocycles. The van der Waals surface area contributed by atoms with E-state index in [1.807, 2.05) is 0 Å². The number of benzene rings is 1. The Morgan fingerprint density at radius 3 is 1.95 bits per heavy atom. The highest BCUT2D eigenvalue weighted by molar-refractivity contribution is 5.27. The van der Waals surface area contributed by atoms with Crippen molar-refractivity contribution in [1.82, 2.24) is 5.32 Å². The highest BCUT2D eigenvalue weighted by atomic mass is 16.3. The zero-order valence-corrected chi connectivity index (χ0v) is 13.2. The van der Waals surface area contributed by atoms with Crippen LogP contribution in [-0.2, 0) is 11.8 Å². The van der Waals surface area contributed by atoms with E-state index in [2.05, 4.69) is 71.1 Å². The Morgan fingerprint density at radius 1 is 1.00 bits per heavy atom. The molecule has 0 aliphatic heterocycles. The molecule has 1 aromatic rings. The topological polar surface area (TPSA) is 32.3 Å². The van der Waals surface area contributed by atoms with Crippen molar-refractivity contribution >= 4 is 0 Å². The summed E-state index contributed by atoms with van der Waals surface area (Å²) in [6.07, 6.45) is 0.368. The predicted molar refractivity (Wildman–Crippen MR) is 82.6 cm³/mol. The van der Waals surface area contributed by atoms with Crippen molar-refractivity contribution in [3.8, 4) is 0 Å². The van der Waals surface area contributed by atoms with Gasteiger partial charge in [0.15, 0.2) is 0 Å². The summed E-state index contributed by atoms with van der Waals surface area (Å²) in [6.45, 7) is 13.6. The molecule has 19 heavy (non-hydrogen) atoms. The van der Waals surface area contributed by atoms with Crippen LogP contribution in [0.25, 0.3) is 0 Å². The van der Waals surface area contributed by atoms with Gasteiger partial charge in [-0.15, -0.1) is 0 Å². The van der Waals surface area contributed by atoms with Gasteiger partial charge in [-0.25, -0.2) is 0 Å². The number of hydrogen-bond acceptors (Lipinski definition) is 2. The standard InChI is InChI=1S/C17H29NO/c1-16(2,3)14-9-7-13(8-10-14)11-15(19)12-18-17(4,5)6/h7-10,15,18-19H,11-12H2,1-6H3. The lowest BCUT2D eigenvalue weighted by Gasteiger charge is -2.23. The summed E-state index contributed by atoms with van der Waals surface area (Å²) < 4.78 is 0. The van der Waals surface area contributed by atoms with E-state index in [9.17, 15) is 5.11 Å². The first-order chi connectivity index (χ1) is 8.58. The Hall–Kier alpha value is -0.860. The van der Waals surface area contributed by atoms with Gasteiger partial charge in [-0.3, -0.25) is 0 Å². The molecule has 0 saturated carbocycles. The molecule has 0 heterocycles. The summed E-state index contributed by atoms with van der Waals surface area (Å²) in [5.41, 5.74) is 2.76. The van der Waals surface area contributed by atoms with Crippen LogP contribution in [0.4, 0.5) is 0 Å². The van der Waals surface area contributed by atoms with Crippen molar-refractivity contribution in [1.29, 1.82) is 0 Å². The third-order valence-corrected chi connectivity index (χ3v) is 3.16. The van der Waals surface area contributed by atoms with Crippen molar-refractivity contribution in [2.45, 2.75) is 65.0 Å². The fourth-order valence-corrected chi connectivity index (χ4v) is 1.91. The lowest BCUT2D eigenvalue weighted by Crippen LogP contribution is -2.41. The fraction of sp³-hybridized carbons (Fsp3) is 0.647. The van der Waals surface area contributed by atoms with Gasteiger partial charge < -0.3 is 10.4 Å². The van der Waals surface area contributed by atoms with Crippen LogP contribution in [0.5, 0.6) is 0 Å². The minimum atomic E-state index is -0.334. The first kappa shape index (κ1) is 16.2. The Bertz CT molecular complexity index is 381. The molecule has 1 rings (SSSR count). The molecule has 2 N–H and O–H groups in total. The molecule has 0 fully saturated rings. The third-order valence-electron chi connectivity index (χ3n) is 3.16. The van der Waals surface area contributed by atoms with Crippen LogP contribution in [0.2, 0.25) is 0 Å². The SMILES string of the molecule is CC(C)(C)NCC(O)Cc1ccc(C(C)(C)C)cc1. The Balaban J connectivity index is 2.54. The summed E-state index contributed by atoms with van der Waals surface area (Å²) in [7, 11) is 0. The summed E-state index contributed by atoms with van der Waals surface area (Å²) in [5.74, 6) is 0. The van der Waals surface area contributed by atoms with Crippen LogP contribution in [0.1, 0.15) is 52.7 Å². The molecule has 0 aliphatic carbocycles. The van der Waals surface area contributed by atoms with E-state index in [0.717, 1.165) is 0 Å². The molecule has 0 radical (unpaired) electrons. The number of hydrogen-bond donors (Lipinski definition) is 2. The van der Waals surface area contributed by atoms with E-state index in [4.69, 9.17) is 0 Å². The zero-order valence-electron chi connectivity index (χ0n) is 13.2. The second-order valence-electron chi connectivity index (χ2n) is 7.44. The van der Waals surface area contributed by atoms with Crippen LogP contribution in [0.3, 0.4) is 0 Å². The van der Waals surface area contributed by atoms with E-state index < -0.39 is 0 Å². The lowest BCUT2D eigenvalue weighted by atomic mass is 9.86. The second kappa shape index (κ2) is 6.06. The molecule has 2 nitrogen and oxygen atoms in total. The van der Waals surface area contributed by atoms with Gasteiger partial charge in [-0.2, -0.15) is 0 Å². The molecule has 0 spiro atoms. The van der Waals surface area contributed by atoms with Crippen LogP contribution >= 0.6 is 0 Å². The maximum atomic E-state index is 10.0. The molecule has 1 atom stereocenters. The van der Waals surface area contributed by atoms with E-state index in [0.29, 0.717) is 13.0 Å². The monoisotopic (exact) mass is 263 g/mol. The second-order valence-corrected chi connectivity index (χ2v) is 7.44. The van der Waals surface area contributed by atoms with Crippen molar-refractivity contribution in [2.24, 2.45) is 0 Å². The highest BCUT2D eigenvalue weighted by Gasteiger charge is 2.15. The maximum absolute atomic E-state index is 10.0. The van der Waals surface area contributed by atoms with Crippen molar-refractivity contribution in [3.05, 3.63) is 35.4 Å². The van der Waals surface area contributed by atoms with Crippen LogP contribution < -0.4 is 5.32 Å². The van der Waals surface area contributed by atoms with E-state index in [-0.39, 0.29) is 17.1 Å². The first-order valence-corrected chi connectivity index (χ1v) is 7.10. The minimum absolute atomic E-state index is 0.0527. The van der Waals surface area contributed by atoms with E-state index in [1.54, 1.807) is 0 Å². The highest BCUT2D eigenvalue weighted by Crippen LogP contribution is 2.22. The molecular formula is C17H29NO. The quantitative estimate of drug-likeness (QED) is 0.874. The van der Waals surface area contributed by atoms with Crippen LogP contribution in [-0.4, -0.2) is 23.3 Å². The van der Waals surface area contributed by atoms with Gasteiger partial charge in [0.05, 0.1) is 6.10 Å². The molecule has 0 aliphatic rings. The van der Waals surface area contributed by atoms with Gasteiger partial charge in [0, 0.05) is 12.1 Å². The summed E-state index contributed by atoms with van der Waals surface area (Å²) in [4.78, 5) is 0. The number of nitrogens with one attached hydrogen (secondary N) is 1. The molecular weight excluding hydrogens is 234 g/mol. The average Bonchev–Trinajstić information content (AvgIpc) is 2.25. The first-order valence-electron chi connectivity index (χ1n) is 7.10. The third kappa shape index (κ3) is 6.22. The van der Waals surface area contributed by atoms with Gasteiger partial charge in [-0.1, -0.05) is 45.0 Å². The van der Waals surface area contributed by atoms with E-state index >= 15 is 0 Å². The number of aliphatic hydroxyl groups excluding tert-OH is 1. The molecule has 0 aromatic heterocycles. The van der Waals surface area contributed by atoms with Gasteiger partial charge in [0.25, 0.3) is 0 Å². The average molecular weight is 263 g/mol. The van der Waals surface area contributed by atoms with E-state index in [1.165, 1.54) is 11.1 Å². The van der Waals surface area contributed by atoms with Gasteiger partial charge in [0.1, 0.15) is 0 Å². The molecule has 0 amide bonds. The van der Waals surface area contributed by atoms with Crippen LogP contribution in [0, 0.1) is 0 Å². The lowest BCUT2D eigenvalue weighted by molar-refractivity contribution is 0.161. The molecule has 2 heteroatoms. The van der Waals surface area contributed by atoms with Gasteiger partial charge in [0.2, 0.25) is 0 Å². The van der Waals surface area contributed by atoms with Crippen molar-refractivity contribution in [2.75, 3.05) is 6.54 Å². The summed E-state index contributed by atoms with van der Waals surface area (Å²) >= 11 is 0. The summed E-state index contributed by atoms with van der Waals surface area (Å²) in [5, 5.41) is 13.4. The molecule has 0 bridgehead atoms. The smallest absolute Gasteiger partial charge is 0.0705 e. The van der Waals surface area contributed by atoms with Gasteiger partial charge in [-0.05, 0) is 43.7 Å². The number of β-amino-alcohol motifs (C(OH)–C–C–N with tert-alkyl or cyclic N) is 1.